The quantitative estimate of drug-likeness (QED) is 0.762. The molecule has 0 amide bonds. The molecule has 2 N–H and O–H groups in total. The summed E-state index contributed by atoms with van der Waals surface area (Å²) in [5.41, 5.74) is 0.788. The zero-order valence-electron chi connectivity index (χ0n) is 8.74. The van der Waals surface area contributed by atoms with Gasteiger partial charge in [-0.25, -0.2) is 4.57 Å². The second-order valence-corrected chi connectivity index (χ2v) is 4.58. The van der Waals surface area contributed by atoms with Crippen LogP contribution in [-0.2, 0) is 20.3 Å². The van der Waals surface area contributed by atoms with E-state index in [1.807, 2.05) is 6.07 Å². The fourth-order valence-corrected chi connectivity index (χ4v) is 1.80. The van der Waals surface area contributed by atoms with E-state index in [-0.39, 0.29) is 6.42 Å². The van der Waals surface area contributed by atoms with Gasteiger partial charge in [0.15, 0.2) is 5.78 Å². The van der Waals surface area contributed by atoms with Crippen molar-refractivity contribution in [3.05, 3.63) is 35.9 Å². The fourth-order valence-electron chi connectivity index (χ4n) is 1.25. The second-order valence-electron chi connectivity index (χ2n) is 3.39. The first-order valence-corrected chi connectivity index (χ1v) is 6.20. The largest absolute Gasteiger partial charge is 0.470 e. The first-order chi connectivity index (χ1) is 7.38. The summed E-state index contributed by atoms with van der Waals surface area (Å²) in [5.74, 6) is -0.410. The molecule has 88 valence electrons. The summed E-state index contributed by atoms with van der Waals surface area (Å²) >= 11 is 0. The summed E-state index contributed by atoms with van der Waals surface area (Å²) in [5, 5.41) is 0. The standard InChI is InChI=1S/C10H13O5P/c1-8(11)10(15-16(12,13)14)7-9-5-3-2-4-6-9/h2-6,10H,7H2,1H3,(H2,12,13,14). The molecule has 0 saturated carbocycles. The lowest BCUT2D eigenvalue weighted by molar-refractivity contribution is -0.124. The smallest absolute Gasteiger partial charge is 0.303 e. The van der Waals surface area contributed by atoms with E-state index in [2.05, 4.69) is 4.52 Å². The monoisotopic (exact) mass is 244 g/mol. The average Bonchev–Trinajstić information content (AvgIpc) is 2.16. The zero-order valence-corrected chi connectivity index (χ0v) is 9.63. The molecule has 0 spiro atoms. The van der Waals surface area contributed by atoms with E-state index in [1.54, 1.807) is 24.3 Å². The molecule has 6 heteroatoms. The molecule has 0 aliphatic rings. The summed E-state index contributed by atoms with van der Waals surface area (Å²) in [6.07, 6.45) is -0.954. The first kappa shape index (κ1) is 13.1. The Morgan fingerprint density at radius 1 is 1.38 bits per heavy atom. The van der Waals surface area contributed by atoms with Gasteiger partial charge in [0.25, 0.3) is 0 Å². The third kappa shape index (κ3) is 4.68. The molecule has 0 aliphatic heterocycles. The molecule has 16 heavy (non-hydrogen) atoms. The lowest BCUT2D eigenvalue weighted by Crippen LogP contribution is -2.23. The number of carbonyl (C=O) groups is 1. The molecular weight excluding hydrogens is 231 g/mol. The number of carbonyl (C=O) groups excluding carboxylic acids is 1. The molecule has 0 aromatic heterocycles. The van der Waals surface area contributed by atoms with E-state index in [1.165, 1.54) is 6.92 Å². The maximum absolute atomic E-state index is 11.2. The van der Waals surface area contributed by atoms with Gasteiger partial charge in [-0.05, 0) is 12.5 Å². The number of hydrogen-bond donors (Lipinski definition) is 2. The summed E-state index contributed by atoms with van der Waals surface area (Å²) in [7, 11) is -4.63. The normalized spacial score (nSPS) is 13.4. The van der Waals surface area contributed by atoms with Crippen LogP contribution >= 0.6 is 7.82 Å². The third-order valence-electron chi connectivity index (χ3n) is 1.98. The highest BCUT2D eigenvalue weighted by atomic mass is 31.2. The molecule has 1 aromatic carbocycles. The molecule has 0 saturated heterocycles. The van der Waals surface area contributed by atoms with E-state index in [4.69, 9.17) is 9.79 Å². The summed E-state index contributed by atoms with van der Waals surface area (Å²) in [6.45, 7) is 1.24. The Balaban J connectivity index is 2.73. The van der Waals surface area contributed by atoms with Crippen LogP contribution in [0.3, 0.4) is 0 Å². The van der Waals surface area contributed by atoms with Gasteiger partial charge >= 0.3 is 7.82 Å². The highest BCUT2D eigenvalue weighted by Gasteiger charge is 2.25. The first-order valence-electron chi connectivity index (χ1n) is 4.67. The maximum Gasteiger partial charge on any atom is 0.470 e. The van der Waals surface area contributed by atoms with Crippen molar-refractivity contribution in [1.82, 2.24) is 0 Å². The van der Waals surface area contributed by atoms with Gasteiger partial charge in [0.05, 0.1) is 0 Å². The minimum absolute atomic E-state index is 0.154. The van der Waals surface area contributed by atoms with E-state index in [0.29, 0.717) is 0 Å². The van der Waals surface area contributed by atoms with Crippen LogP contribution in [0.25, 0.3) is 0 Å². The molecule has 5 nitrogen and oxygen atoms in total. The van der Waals surface area contributed by atoms with Crippen LogP contribution in [-0.4, -0.2) is 21.7 Å². The van der Waals surface area contributed by atoms with E-state index in [9.17, 15) is 9.36 Å². The van der Waals surface area contributed by atoms with Crippen LogP contribution in [0.2, 0.25) is 0 Å². The number of rotatable bonds is 5. The van der Waals surface area contributed by atoms with Crippen LogP contribution in [0.1, 0.15) is 12.5 Å². The number of phosphoric ester groups is 1. The van der Waals surface area contributed by atoms with Crippen molar-refractivity contribution in [2.24, 2.45) is 0 Å². The SMILES string of the molecule is CC(=O)C(Cc1ccccc1)OP(=O)(O)O. The maximum atomic E-state index is 11.2. The van der Waals surface area contributed by atoms with E-state index >= 15 is 0 Å². The Bertz CT molecular complexity index is 397. The molecular formula is C10H13O5P. The summed E-state index contributed by atoms with van der Waals surface area (Å²) in [6, 6.07) is 8.90. The van der Waals surface area contributed by atoms with Crippen molar-refractivity contribution in [2.75, 3.05) is 0 Å². The van der Waals surface area contributed by atoms with Crippen LogP contribution in [0, 0.1) is 0 Å². The Kier molecular flexibility index (Phi) is 4.38. The number of ketones is 1. The fraction of sp³-hybridized carbons (Fsp3) is 0.300. The molecule has 1 aromatic rings. The highest BCUT2D eigenvalue weighted by Crippen LogP contribution is 2.38. The van der Waals surface area contributed by atoms with Crippen molar-refractivity contribution < 1.29 is 23.7 Å². The lowest BCUT2D eigenvalue weighted by atomic mass is 10.1. The van der Waals surface area contributed by atoms with Crippen molar-refractivity contribution in [2.45, 2.75) is 19.4 Å². The van der Waals surface area contributed by atoms with Gasteiger partial charge in [-0.1, -0.05) is 30.3 Å². The summed E-state index contributed by atoms with van der Waals surface area (Å²) < 4.78 is 15.1. The van der Waals surface area contributed by atoms with Crippen molar-refractivity contribution in [1.29, 1.82) is 0 Å². The van der Waals surface area contributed by atoms with Crippen LogP contribution in [0.15, 0.2) is 30.3 Å². The van der Waals surface area contributed by atoms with Gasteiger partial charge in [-0.2, -0.15) is 0 Å². The topological polar surface area (TPSA) is 83.8 Å². The Hall–Kier alpha value is -1.00. The van der Waals surface area contributed by atoms with Crippen molar-refractivity contribution in [3.8, 4) is 0 Å². The third-order valence-corrected chi connectivity index (χ3v) is 2.51. The van der Waals surface area contributed by atoms with Gasteiger partial charge in [0.1, 0.15) is 6.10 Å². The Morgan fingerprint density at radius 2 is 1.94 bits per heavy atom. The number of hydrogen-bond acceptors (Lipinski definition) is 3. The zero-order chi connectivity index (χ0) is 12.2. The minimum atomic E-state index is -4.63. The van der Waals surface area contributed by atoms with Crippen LogP contribution in [0.4, 0.5) is 0 Å². The van der Waals surface area contributed by atoms with Gasteiger partial charge in [0, 0.05) is 6.42 Å². The molecule has 0 bridgehead atoms. The lowest BCUT2D eigenvalue weighted by Gasteiger charge is -2.15. The molecule has 1 unspecified atom stereocenters. The van der Waals surface area contributed by atoms with Gasteiger partial charge in [0.2, 0.25) is 0 Å². The molecule has 1 atom stereocenters. The number of phosphoric acid groups is 1. The second kappa shape index (κ2) is 5.37. The predicted octanol–water partition coefficient (Wildman–Crippen LogP) is 1.30. The van der Waals surface area contributed by atoms with Gasteiger partial charge < -0.3 is 9.79 Å². The van der Waals surface area contributed by atoms with E-state index in [0.717, 1.165) is 5.56 Å². The molecule has 0 heterocycles. The molecule has 0 fully saturated rings. The average molecular weight is 244 g/mol. The van der Waals surface area contributed by atoms with Crippen molar-refractivity contribution in [3.63, 3.8) is 0 Å². The Morgan fingerprint density at radius 3 is 2.38 bits per heavy atom. The number of Topliss-reactive ketones (excluding diaryl/α,β-unsaturated/α-hetero) is 1. The highest BCUT2D eigenvalue weighted by molar-refractivity contribution is 7.46. The predicted molar refractivity (Wildman–Crippen MR) is 57.7 cm³/mol. The molecule has 1 rings (SSSR count). The minimum Gasteiger partial charge on any atom is -0.303 e. The molecule has 0 radical (unpaired) electrons. The van der Waals surface area contributed by atoms with Crippen molar-refractivity contribution >= 4 is 13.6 Å². The van der Waals surface area contributed by atoms with Crippen LogP contribution < -0.4 is 0 Å². The van der Waals surface area contributed by atoms with Gasteiger partial charge in [-0.15, -0.1) is 0 Å². The summed E-state index contributed by atoms with van der Waals surface area (Å²) in [4.78, 5) is 28.5. The van der Waals surface area contributed by atoms with E-state index < -0.39 is 19.7 Å². The van der Waals surface area contributed by atoms with Crippen LogP contribution in [0.5, 0.6) is 0 Å². The Labute approximate surface area is 93.3 Å². The molecule has 0 aliphatic carbocycles. The number of benzene rings is 1. The van der Waals surface area contributed by atoms with Gasteiger partial charge in [-0.3, -0.25) is 9.32 Å².